The van der Waals surface area contributed by atoms with Gasteiger partial charge in [-0.2, -0.15) is 4.99 Å². The van der Waals surface area contributed by atoms with Crippen LogP contribution in [0.3, 0.4) is 0 Å². The van der Waals surface area contributed by atoms with Gasteiger partial charge in [-0.05, 0) is 59.9 Å². The fourth-order valence-corrected chi connectivity index (χ4v) is 5.57. The number of hydrogen-bond acceptors (Lipinski definition) is 7. The minimum Gasteiger partial charge on any atom is -0.406 e. The minimum atomic E-state index is -4.77. The third kappa shape index (κ3) is 7.88. The second-order valence-electron chi connectivity index (χ2n) is 10.6. The zero-order chi connectivity index (χ0) is 32.3. The molecule has 234 valence electrons. The number of rotatable bonds is 8. The van der Waals surface area contributed by atoms with Crippen LogP contribution in [0, 0.1) is 6.92 Å². The predicted octanol–water partition coefficient (Wildman–Crippen LogP) is 5.94. The van der Waals surface area contributed by atoms with Crippen LogP contribution in [0.2, 0.25) is 0 Å². The second kappa shape index (κ2) is 13.1. The number of aliphatic imine (C=N–C) groups is 1. The molecule has 1 saturated heterocycles. The number of aromatic nitrogens is 3. The van der Waals surface area contributed by atoms with E-state index in [-0.39, 0.29) is 23.3 Å². The van der Waals surface area contributed by atoms with Crippen LogP contribution in [0.5, 0.6) is 5.75 Å². The molecule has 0 aliphatic carbocycles. The number of aryl methyl sites for hydroxylation is 1. The number of urea groups is 1. The Bertz CT molecular complexity index is 1720. The molecule has 1 fully saturated rings. The van der Waals surface area contributed by atoms with Gasteiger partial charge < -0.3 is 15.8 Å². The molecule has 0 spiro atoms. The molecule has 1 aromatic heterocycles. The van der Waals surface area contributed by atoms with E-state index in [1.54, 1.807) is 12.1 Å². The largest absolute Gasteiger partial charge is 0.573 e. The van der Waals surface area contributed by atoms with Crippen LogP contribution in [0.25, 0.3) is 17.1 Å². The number of carbonyl (C=O) groups excluding carboxylic acids is 2. The van der Waals surface area contributed by atoms with Crippen LogP contribution in [-0.4, -0.2) is 50.2 Å². The molecule has 4 aromatic rings. The molecule has 1 unspecified atom stereocenters. The van der Waals surface area contributed by atoms with Gasteiger partial charge >= 0.3 is 12.4 Å². The number of carbonyl (C=O) groups is 2. The summed E-state index contributed by atoms with van der Waals surface area (Å²) in [6.45, 7) is 6.04. The molecule has 45 heavy (non-hydrogen) atoms. The highest BCUT2D eigenvalue weighted by Crippen LogP contribution is 2.34. The van der Waals surface area contributed by atoms with Crippen molar-refractivity contribution in [2.75, 3.05) is 10.7 Å². The Morgan fingerprint density at radius 1 is 1.11 bits per heavy atom. The summed E-state index contributed by atoms with van der Waals surface area (Å²) in [5.41, 5.74) is 11.0. The highest BCUT2D eigenvalue weighted by Gasteiger charge is 2.33. The van der Waals surface area contributed by atoms with E-state index in [1.165, 1.54) is 51.9 Å². The maximum atomic E-state index is 12.8. The maximum Gasteiger partial charge on any atom is 0.573 e. The Labute approximate surface area is 261 Å². The van der Waals surface area contributed by atoms with Crippen LogP contribution in [0.15, 0.2) is 78.0 Å². The number of alkyl halides is 3. The van der Waals surface area contributed by atoms with Gasteiger partial charge in [0.2, 0.25) is 5.91 Å². The summed E-state index contributed by atoms with van der Waals surface area (Å²) in [7, 11) is 0. The number of nitrogens with two attached hydrogens (primary N) is 1. The van der Waals surface area contributed by atoms with Gasteiger partial charge in [0.25, 0.3) is 0 Å². The monoisotopic (exact) mass is 637 g/mol. The predicted molar refractivity (Wildman–Crippen MR) is 166 cm³/mol. The molecule has 2 heterocycles. The molecule has 5 rings (SSSR count). The van der Waals surface area contributed by atoms with Crippen molar-refractivity contribution < 1.29 is 27.5 Å². The van der Waals surface area contributed by atoms with E-state index in [0.717, 1.165) is 22.4 Å². The number of amidine groups is 1. The van der Waals surface area contributed by atoms with E-state index in [4.69, 9.17) is 5.73 Å². The van der Waals surface area contributed by atoms with Gasteiger partial charge in [-0.1, -0.05) is 62.0 Å². The average molecular weight is 638 g/mol. The topological polar surface area (TPSA) is 128 Å². The molecule has 14 heteroatoms. The number of thioether (sulfide) groups is 1. The molecule has 1 atom stereocenters. The summed E-state index contributed by atoms with van der Waals surface area (Å²) in [6.07, 6.45) is -3.74. The SMILES string of the molecule is Cc1ccc(C(C)C)c(N2C(=O)CSC2=NC(=O)NC(N)Cc2ccc(-c3ncn(-c4ccc(OC(F)(F)F)cc4)n3)cc2)c1. The van der Waals surface area contributed by atoms with Crippen molar-refractivity contribution in [1.82, 2.24) is 20.1 Å². The van der Waals surface area contributed by atoms with Crippen LogP contribution in [-0.2, 0) is 11.2 Å². The Morgan fingerprint density at radius 2 is 1.82 bits per heavy atom. The molecule has 3 amide bonds. The highest BCUT2D eigenvalue weighted by molar-refractivity contribution is 8.15. The number of nitrogens with one attached hydrogen (secondary N) is 1. The van der Waals surface area contributed by atoms with E-state index >= 15 is 0 Å². The first-order valence-corrected chi connectivity index (χ1v) is 14.9. The van der Waals surface area contributed by atoms with Crippen LogP contribution in [0.4, 0.5) is 23.7 Å². The van der Waals surface area contributed by atoms with Crippen molar-refractivity contribution in [2.24, 2.45) is 10.7 Å². The van der Waals surface area contributed by atoms with Gasteiger partial charge in [0.15, 0.2) is 11.0 Å². The van der Waals surface area contributed by atoms with E-state index in [0.29, 0.717) is 28.7 Å². The number of nitrogens with zero attached hydrogens (tertiary/aromatic N) is 5. The third-order valence-corrected chi connectivity index (χ3v) is 7.74. The molecule has 3 aromatic carbocycles. The summed E-state index contributed by atoms with van der Waals surface area (Å²) in [4.78, 5) is 35.6. The Balaban J connectivity index is 1.20. The minimum absolute atomic E-state index is 0.142. The fraction of sp³-hybridized carbons (Fsp3) is 0.258. The van der Waals surface area contributed by atoms with Crippen molar-refractivity contribution in [1.29, 1.82) is 0 Å². The zero-order valence-corrected chi connectivity index (χ0v) is 25.4. The number of benzene rings is 3. The summed E-state index contributed by atoms with van der Waals surface area (Å²) >= 11 is 1.21. The second-order valence-corrected chi connectivity index (χ2v) is 11.6. The average Bonchev–Trinajstić information content (AvgIpc) is 3.60. The summed E-state index contributed by atoms with van der Waals surface area (Å²) in [5.74, 6) is 0.291. The quantitative estimate of drug-likeness (QED) is 0.229. The molecular weight excluding hydrogens is 607 g/mol. The van der Waals surface area contributed by atoms with E-state index in [1.807, 2.05) is 51.1 Å². The molecule has 0 saturated carbocycles. The Morgan fingerprint density at radius 3 is 2.49 bits per heavy atom. The molecule has 3 N–H and O–H groups in total. The lowest BCUT2D eigenvalue weighted by Crippen LogP contribution is -2.42. The summed E-state index contributed by atoms with van der Waals surface area (Å²) in [6, 6.07) is 17.8. The van der Waals surface area contributed by atoms with Crippen LogP contribution < -0.4 is 20.7 Å². The van der Waals surface area contributed by atoms with E-state index in [2.05, 4.69) is 25.1 Å². The normalized spacial score (nSPS) is 15.2. The molecular formula is C31H30F3N7O3S. The lowest BCUT2D eigenvalue weighted by molar-refractivity contribution is -0.274. The Kier molecular flexibility index (Phi) is 9.25. The first-order valence-electron chi connectivity index (χ1n) is 13.9. The van der Waals surface area contributed by atoms with Gasteiger partial charge in [-0.25, -0.2) is 14.5 Å². The smallest absolute Gasteiger partial charge is 0.406 e. The van der Waals surface area contributed by atoms with Crippen molar-refractivity contribution in [2.45, 2.75) is 45.6 Å². The molecule has 10 nitrogen and oxygen atoms in total. The molecule has 1 aliphatic heterocycles. The van der Waals surface area contributed by atoms with Crippen molar-refractivity contribution >= 4 is 34.6 Å². The number of amides is 3. The van der Waals surface area contributed by atoms with Gasteiger partial charge in [-0.3, -0.25) is 9.69 Å². The number of anilines is 1. The Hall–Kier alpha value is -4.69. The fourth-order valence-electron chi connectivity index (χ4n) is 4.71. The van der Waals surface area contributed by atoms with Gasteiger partial charge in [0, 0.05) is 12.0 Å². The maximum absolute atomic E-state index is 12.8. The standard InChI is InChI=1S/C31H30F3N7O3S/c1-18(2)24-13-4-19(3)14-25(24)41-27(42)16-45-30(41)38-29(43)37-26(35)15-20-5-7-21(8-6-20)28-36-17-40(39-28)22-9-11-23(12-10-22)44-31(32,33)34/h4-14,17-18,26H,15-16,35H2,1-3H3,(H,37,43). The number of halogens is 3. The molecule has 0 radical (unpaired) electrons. The lowest BCUT2D eigenvalue weighted by Gasteiger charge is -2.22. The van der Waals surface area contributed by atoms with Gasteiger partial charge in [0.1, 0.15) is 12.1 Å². The van der Waals surface area contributed by atoms with Crippen molar-refractivity contribution in [3.05, 3.63) is 89.7 Å². The summed E-state index contributed by atoms with van der Waals surface area (Å²) < 4.78 is 42.6. The van der Waals surface area contributed by atoms with Gasteiger partial charge in [-0.15, -0.1) is 18.3 Å². The third-order valence-electron chi connectivity index (χ3n) is 6.81. The van der Waals surface area contributed by atoms with Crippen LogP contribution in [0.1, 0.15) is 36.5 Å². The first-order chi connectivity index (χ1) is 21.4. The number of ether oxygens (including phenoxy) is 1. The first kappa shape index (κ1) is 31.7. The van der Waals surface area contributed by atoms with E-state index < -0.39 is 18.6 Å². The van der Waals surface area contributed by atoms with Crippen molar-refractivity contribution in [3.63, 3.8) is 0 Å². The lowest BCUT2D eigenvalue weighted by atomic mass is 9.99. The van der Waals surface area contributed by atoms with Crippen LogP contribution >= 0.6 is 11.8 Å². The molecule has 0 bridgehead atoms. The van der Waals surface area contributed by atoms with Crippen molar-refractivity contribution in [3.8, 4) is 22.8 Å². The molecule has 1 aliphatic rings. The summed E-state index contributed by atoms with van der Waals surface area (Å²) in [5, 5.41) is 7.38. The number of hydrogen-bond donors (Lipinski definition) is 2. The highest BCUT2D eigenvalue weighted by atomic mass is 32.2. The van der Waals surface area contributed by atoms with E-state index in [9.17, 15) is 22.8 Å². The zero-order valence-electron chi connectivity index (χ0n) is 24.6. The van der Waals surface area contributed by atoms with Gasteiger partial charge in [0.05, 0.1) is 23.3 Å².